The third-order valence-corrected chi connectivity index (χ3v) is 5.24. The van der Waals surface area contributed by atoms with E-state index in [0.29, 0.717) is 40.7 Å². The fraction of sp³-hybridized carbons (Fsp3) is 0.167. The van der Waals surface area contributed by atoms with E-state index in [9.17, 15) is 9.59 Å². The Bertz CT molecular complexity index is 1160. The second kappa shape index (κ2) is 7.68. The van der Waals surface area contributed by atoms with Crippen molar-refractivity contribution >= 4 is 23.2 Å². The van der Waals surface area contributed by atoms with E-state index >= 15 is 0 Å². The van der Waals surface area contributed by atoms with Crippen molar-refractivity contribution in [1.82, 2.24) is 0 Å². The highest BCUT2D eigenvalue weighted by molar-refractivity contribution is 6.05. The molecule has 156 valence electrons. The van der Waals surface area contributed by atoms with Gasteiger partial charge in [-0.1, -0.05) is 30.3 Å². The Morgan fingerprint density at radius 1 is 1.00 bits per heavy atom. The van der Waals surface area contributed by atoms with Crippen LogP contribution in [-0.4, -0.2) is 24.7 Å². The molecule has 2 heterocycles. The molecular weight excluding hydrogens is 396 g/mol. The molecule has 0 radical (unpaired) electrons. The van der Waals surface area contributed by atoms with Gasteiger partial charge in [0.05, 0.1) is 12.2 Å². The van der Waals surface area contributed by atoms with Gasteiger partial charge in [0.25, 0.3) is 11.8 Å². The minimum Gasteiger partial charge on any atom is -0.479 e. The van der Waals surface area contributed by atoms with Gasteiger partial charge < -0.3 is 24.4 Å². The average Bonchev–Trinajstić information content (AvgIpc) is 3.25. The summed E-state index contributed by atoms with van der Waals surface area (Å²) in [5.41, 5.74) is 2.73. The molecule has 0 spiro atoms. The van der Waals surface area contributed by atoms with Crippen LogP contribution < -0.4 is 24.4 Å². The van der Waals surface area contributed by atoms with Gasteiger partial charge in [0.1, 0.15) is 5.75 Å². The molecule has 7 heteroatoms. The maximum atomic E-state index is 12.7. The lowest BCUT2D eigenvalue weighted by Crippen LogP contribution is -2.44. The lowest BCUT2D eigenvalue weighted by molar-refractivity contribution is -0.125. The van der Waals surface area contributed by atoms with Crippen molar-refractivity contribution in [1.29, 1.82) is 0 Å². The van der Waals surface area contributed by atoms with Crippen LogP contribution in [0.25, 0.3) is 0 Å². The molecule has 0 bridgehead atoms. The first-order valence-corrected chi connectivity index (χ1v) is 9.95. The Hall–Kier alpha value is -4.00. The van der Waals surface area contributed by atoms with Crippen molar-refractivity contribution in [3.05, 3.63) is 77.9 Å². The van der Waals surface area contributed by atoms with Crippen LogP contribution in [0, 0.1) is 0 Å². The van der Waals surface area contributed by atoms with Crippen LogP contribution >= 0.6 is 0 Å². The zero-order valence-electron chi connectivity index (χ0n) is 16.8. The van der Waals surface area contributed by atoms with Crippen LogP contribution in [0.5, 0.6) is 17.2 Å². The molecule has 0 saturated heterocycles. The Kier molecular flexibility index (Phi) is 4.71. The van der Waals surface area contributed by atoms with Crippen molar-refractivity contribution in [3.63, 3.8) is 0 Å². The maximum absolute atomic E-state index is 12.7. The van der Waals surface area contributed by atoms with Crippen LogP contribution in [0.1, 0.15) is 22.8 Å². The molecule has 0 saturated carbocycles. The Morgan fingerprint density at radius 2 is 1.81 bits per heavy atom. The molecule has 1 atom stereocenters. The predicted octanol–water partition coefficient (Wildman–Crippen LogP) is 3.98. The van der Waals surface area contributed by atoms with E-state index in [0.717, 1.165) is 5.56 Å². The number of hydrogen-bond donors (Lipinski definition) is 1. The molecule has 0 aliphatic carbocycles. The number of carbonyl (C=O) groups is 2. The number of rotatable bonds is 4. The highest BCUT2D eigenvalue weighted by atomic mass is 16.7. The fourth-order valence-corrected chi connectivity index (χ4v) is 3.66. The summed E-state index contributed by atoms with van der Waals surface area (Å²) in [7, 11) is 0. The van der Waals surface area contributed by atoms with Crippen LogP contribution in [0.4, 0.5) is 11.4 Å². The first-order chi connectivity index (χ1) is 15.1. The second-order valence-corrected chi connectivity index (χ2v) is 7.37. The van der Waals surface area contributed by atoms with Gasteiger partial charge in [-0.15, -0.1) is 0 Å². The molecule has 1 N–H and O–H groups in total. The molecule has 1 unspecified atom stereocenters. The topological polar surface area (TPSA) is 77.1 Å². The summed E-state index contributed by atoms with van der Waals surface area (Å²) in [4.78, 5) is 27.1. The Morgan fingerprint density at radius 3 is 2.65 bits per heavy atom. The van der Waals surface area contributed by atoms with Crippen molar-refractivity contribution in [2.45, 2.75) is 19.6 Å². The van der Waals surface area contributed by atoms with Gasteiger partial charge in [0, 0.05) is 17.3 Å². The highest BCUT2D eigenvalue weighted by Crippen LogP contribution is 2.37. The number of anilines is 2. The molecule has 2 aliphatic rings. The Balaban J connectivity index is 1.38. The third kappa shape index (κ3) is 3.66. The van der Waals surface area contributed by atoms with Crippen LogP contribution in [0.15, 0.2) is 66.7 Å². The van der Waals surface area contributed by atoms with E-state index in [-0.39, 0.29) is 18.6 Å². The standard InChI is InChI=1S/C24H20N2O5/c1-15-24(28)26(13-16-5-3-2-4-6-16)19-9-8-18(12-21(19)31-15)25-23(27)17-7-10-20-22(11-17)30-14-29-20/h2-12,15H,13-14H2,1H3,(H,25,27). The lowest BCUT2D eigenvalue weighted by atomic mass is 10.1. The summed E-state index contributed by atoms with van der Waals surface area (Å²) in [6.07, 6.45) is -0.615. The zero-order valence-corrected chi connectivity index (χ0v) is 16.8. The molecule has 3 aromatic carbocycles. The van der Waals surface area contributed by atoms with E-state index in [1.54, 1.807) is 48.2 Å². The summed E-state index contributed by atoms with van der Waals surface area (Å²) in [6, 6.07) is 20.1. The molecule has 0 fully saturated rings. The van der Waals surface area contributed by atoms with Crippen LogP contribution in [0.2, 0.25) is 0 Å². The predicted molar refractivity (Wildman–Crippen MR) is 115 cm³/mol. The minimum absolute atomic E-state index is 0.103. The smallest absolute Gasteiger partial charge is 0.268 e. The van der Waals surface area contributed by atoms with Crippen molar-refractivity contribution < 1.29 is 23.8 Å². The SMILES string of the molecule is CC1Oc2cc(NC(=O)c3ccc4c(c3)OCO4)ccc2N(Cc2ccccc2)C1=O. The molecule has 7 nitrogen and oxygen atoms in total. The monoisotopic (exact) mass is 416 g/mol. The van der Waals surface area contributed by atoms with Gasteiger partial charge >= 0.3 is 0 Å². The summed E-state index contributed by atoms with van der Waals surface area (Å²) in [5.74, 6) is 1.33. The molecule has 3 aromatic rings. The second-order valence-electron chi connectivity index (χ2n) is 7.37. The van der Waals surface area contributed by atoms with E-state index in [1.807, 2.05) is 30.3 Å². The highest BCUT2D eigenvalue weighted by Gasteiger charge is 2.31. The van der Waals surface area contributed by atoms with E-state index in [4.69, 9.17) is 14.2 Å². The van der Waals surface area contributed by atoms with Crippen LogP contribution in [0.3, 0.4) is 0 Å². The van der Waals surface area contributed by atoms with Gasteiger partial charge in [-0.3, -0.25) is 9.59 Å². The summed E-state index contributed by atoms with van der Waals surface area (Å²) in [6.45, 7) is 2.32. The number of nitrogens with one attached hydrogen (secondary N) is 1. The molecule has 0 aromatic heterocycles. The summed E-state index contributed by atoms with van der Waals surface area (Å²) >= 11 is 0. The van der Waals surface area contributed by atoms with Gasteiger partial charge in [-0.2, -0.15) is 0 Å². The van der Waals surface area contributed by atoms with Crippen molar-refractivity contribution in [3.8, 4) is 17.2 Å². The number of ether oxygens (including phenoxy) is 3. The van der Waals surface area contributed by atoms with E-state index in [1.165, 1.54) is 0 Å². The van der Waals surface area contributed by atoms with Gasteiger partial charge in [-0.25, -0.2) is 0 Å². The molecule has 2 amide bonds. The zero-order chi connectivity index (χ0) is 21.4. The van der Waals surface area contributed by atoms with E-state index in [2.05, 4.69) is 5.32 Å². The number of carbonyl (C=O) groups excluding carboxylic acids is 2. The first-order valence-electron chi connectivity index (χ1n) is 9.95. The van der Waals surface area contributed by atoms with Crippen molar-refractivity contribution in [2.75, 3.05) is 17.0 Å². The number of fused-ring (bicyclic) bond motifs is 2. The fourth-order valence-electron chi connectivity index (χ4n) is 3.66. The minimum atomic E-state index is -0.615. The van der Waals surface area contributed by atoms with Crippen LogP contribution in [-0.2, 0) is 11.3 Å². The average molecular weight is 416 g/mol. The first kappa shape index (κ1) is 19.0. The number of amides is 2. The normalized spacial score (nSPS) is 16.5. The largest absolute Gasteiger partial charge is 0.479 e. The quantitative estimate of drug-likeness (QED) is 0.696. The van der Waals surface area contributed by atoms with E-state index < -0.39 is 6.10 Å². The maximum Gasteiger partial charge on any atom is 0.268 e. The molecular formula is C24H20N2O5. The molecule has 2 aliphatic heterocycles. The lowest BCUT2D eigenvalue weighted by Gasteiger charge is -2.33. The van der Waals surface area contributed by atoms with Gasteiger partial charge in [0.2, 0.25) is 6.79 Å². The molecule has 31 heavy (non-hydrogen) atoms. The summed E-state index contributed by atoms with van der Waals surface area (Å²) < 4.78 is 16.4. The molecule has 5 rings (SSSR count). The summed E-state index contributed by atoms with van der Waals surface area (Å²) in [5, 5.41) is 2.87. The van der Waals surface area contributed by atoms with Gasteiger partial charge in [-0.05, 0) is 42.8 Å². The number of benzene rings is 3. The van der Waals surface area contributed by atoms with Crippen molar-refractivity contribution in [2.24, 2.45) is 0 Å². The third-order valence-electron chi connectivity index (χ3n) is 5.24. The number of hydrogen-bond acceptors (Lipinski definition) is 5. The Labute approximate surface area is 179 Å². The van der Waals surface area contributed by atoms with Gasteiger partial charge in [0.15, 0.2) is 17.6 Å². The number of nitrogens with zero attached hydrogens (tertiary/aromatic N) is 1.